The Bertz CT molecular complexity index is 349. The van der Waals surface area contributed by atoms with Crippen molar-refractivity contribution in [1.82, 2.24) is 9.97 Å². The van der Waals surface area contributed by atoms with Gasteiger partial charge in [0, 0.05) is 23.8 Å². The molecule has 0 spiro atoms. The van der Waals surface area contributed by atoms with Gasteiger partial charge in [0.05, 0.1) is 0 Å². The van der Waals surface area contributed by atoms with E-state index in [0.29, 0.717) is 6.04 Å². The van der Waals surface area contributed by atoms with Crippen LogP contribution in [0.4, 0.5) is 5.82 Å². The number of nitrogens with two attached hydrogens (primary N) is 1. The van der Waals surface area contributed by atoms with Crippen LogP contribution >= 0.6 is 11.6 Å². The van der Waals surface area contributed by atoms with Gasteiger partial charge < -0.3 is 11.1 Å². The standard InChI is InChI=1S/C11H17ClN4/c1-7-6-10(16-11(12)14-7)15-9-5-3-2-4-8(9)13/h6,8-9H,2-5,13H2,1H3,(H,14,15,16)/t8-,9-/m0/s1. The quantitative estimate of drug-likeness (QED) is 0.778. The molecule has 88 valence electrons. The summed E-state index contributed by atoms with van der Waals surface area (Å²) in [7, 11) is 0. The molecular formula is C11H17ClN4. The molecule has 1 fully saturated rings. The van der Waals surface area contributed by atoms with Crippen LogP contribution in [-0.2, 0) is 0 Å². The van der Waals surface area contributed by atoms with Crippen LogP contribution in [0.1, 0.15) is 31.4 Å². The predicted octanol–water partition coefficient (Wildman–Crippen LogP) is 2.12. The molecule has 1 saturated carbocycles. The Hall–Kier alpha value is -0.870. The number of rotatable bonds is 2. The summed E-state index contributed by atoms with van der Waals surface area (Å²) in [5, 5.41) is 3.64. The minimum absolute atomic E-state index is 0.211. The second kappa shape index (κ2) is 4.97. The molecular weight excluding hydrogens is 224 g/mol. The van der Waals surface area contributed by atoms with E-state index in [1.165, 1.54) is 12.8 Å². The van der Waals surface area contributed by atoms with Crippen LogP contribution in [0.25, 0.3) is 0 Å². The van der Waals surface area contributed by atoms with Gasteiger partial charge in [0.2, 0.25) is 5.28 Å². The zero-order valence-electron chi connectivity index (χ0n) is 9.41. The first-order valence-electron chi connectivity index (χ1n) is 5.68. The molecule has 0 aliphatic heterocycles. The fraction of sp³-hybridized carbons (Fsp3) is 0.636. The first-order valence-corrected chi connectivity index (χ1v) is 6.06. The maximum Gasteiger partial charge on any atom is 0.224 e. The van der Waals surface area contributed by atoms with Crippen LogP contribution in [0.3, 0.4) is 0 Å². The maximum absolute atomic E-state index is 6.06. The van der Waals surface area contributed by atoms with Crippen LogP contribution in [0.2, 0.25) is 5.28 Å². The van der Waals surface area contributed by atoms with E-state index >= 15 is 0 Å². The Morgan fingerprint density at radius 2 is 2.12 bits per heavy atom. The topological polar surface area (TPSA) is 63.8 Å². The predicted molar refractivity (Wildman–Crippen MR) is 65.6 cm³/mol. The number of nitrogens with zero attached hydrogens (tertiary/aromatic N) is 2. The number of nitrogens with one attached hydrogen (secondary N) is 1. The zero-order valence-corrected chi connectivity index (χ0v) is 10.2. The Balaban J connectivity index is 2.07. The summed E-state index contributed by atoms with van der Waals surface area (Å²) in [5.74, 6) is 0.778. The highest BCUT2D eigenvalue weighted by Gasteiger charge is 2.21. The molecule has 16 heavy (non-hydrogen) atoms. The minimum Gasteiger partial charge on any atom is -0.366 e. The molecule has 2 atom stereocenters. The van der Waals surface area contributed by atoms with Gasteiger partial charge in [-0.05, 0) is 31.4 Å². The van der Waals surface area contributed by atoms with Crippen molar-refractivity contribution in [3.8, 4) is 0 Å². The van der Waals surface area contributed by atoms with E-state index in [2.05, 4.69) is 15.3 Å². The molecule has 0 unspecified atom stereocenters. The van der Waals surface area contributed by atoms with Crippen molar-refractivity contribution in [3.05, 3.63) is 17.0 Å². The number of halogens is 1. The van der Waals surface area contributed by atoms with Gasteiger partial charge in [-0.15, -0.1) is 0 Å². The Kier molecular flexibility index (Phi) is 3.61. The summed E-state index contributed by atoms with van der Waals surface area (Å²) in [6.07, 6.45) is 4.63. The molecule has 1 aliphatic rings. The molecule has 1 heterocycles. The number of hydrogen-bond acceptors (Lipinski definition) is 4. The smallest absolute Gasteiger partial charge is 0.224 e. The van der Waals surface area contributed by atoms with Gasteiger partial charge in [-0.1, -0.05) is 12.8 Å². The molecule has 3 N–H and O–H groups in total. The van der Waals surface area contributed by atoms with Crippen molar-refractivity contribution in [2.45, 2.75) is 44.7 Å². The summed E-state index contributed by atoms with van der Waals surface area (Å²) in [6.45, 7) is 1.90. The van der Waals surface area contributed by atoms with E-state index in [-0.39, 0.29) is 11.3 Å². The molecule has 0 radical (unpaired) electrons. The van der Waals surface area contributed by atoms with Crippen LogP contribution < -0.4 is 11.1 Å². The molecule has 0 aromatic carbocycles. The van der Waals surface area contributed by atoms with E-state index in [1.807, 2.05) is 13.0 Å². The van der Waals surface area contributed by atoms with Gasteiger partial charge in [-0.2, -0.15) is 0 Å². The van der Waals surface area contributed by atoms with Gasteiger partial charge in [-0.25, -0.2) is 9.97 Å². The van der Waals surface area contributed by atoms with Gasteiger partial charge in [0.1, 0.15) is 5.82 Å². The van der Waals surface area contributed by atoms with Gasteiger partial charge >= 0.3 is 0 Å². The Labute approximate surface area is 101 Å². The number of aryl methyl sites for hydroxylation is 1. The highest BCUT2D eigenvalue weighted by atomic mass is 35.5. The molecule has 1 aromatic rings. The first kappa shape index (κ1) is 11.6. The average Bonchev–Trinajstić information content (AvgIpc) is 2.20. The normalized spacial score (nSPS) is 25.4. The lowest BCUT2D eigenvalue weighted by Gasteiger charge is -2.29. The van der Waals surface area contributed by atoms with E-state index in [0.717, 1.165) is 24.4 Å². The van der Waals surface area contributed by atoms with Crippen molar-refractivity contribution < 1.29 is 0 Å². The molecule has 0 bridgehead atoms. The maximum atomic E-state index is 6.06. The third-order valence-electron chi connectivity index (χ3n) is 2.98. The van der Waals surface area contributed by atoms with Crippen molar-refractivity contribution in [1.29, 1.82) is 0 Å². The number of aromatic nitrogens is 2. The highest BCUT2D eigenvalue weighted by molar-refractivity contribution is 6.28. The monoisotopic (exact) mass is 240 g/mol. The second-order valence-electron chi connectivity index (χ2n) is 4.36. The highest BCUT2D eigenvalue weighted by Crippen LogP contribution is 2.21. The van der Waals surface area contributed by atoms with Crippen LogP contribution in [0, 0.1) is 6.92 Å². The largest absolute Gasteiger partial charge is 0.366 e. The lowest BCUT2D eigenvalue weighted by molar-refractivity contribution is 0.403. The molecule has 5 heteroatoms. The van der Waals surface area contributed by atoms with E-state index < -0.39 is 0 Å². The van der Waals surface area contributed by atoms with E-state index in [4.69, 9.17) is 17.3 Å². The van der Waals surface area contributed by atoms with Crippen molar-refractivity contribution in [2.24, 2.45) is 5.73 Å². The van der Waals surface area contributed by atoms with E-state index in [1.54, 1.807) is 0 Å². The minimum atomic E-state index is 0.211. The molecule has 0 saturated heterocycles. The fourth-order valence-corrected chi connectivity index (χ4v) is 2.36. The van der Waals surface area contributed by atoms with Gasteiger partial charge in [-0.3, -0.25) is 0 Å². The number of hydrogen-bond donors (Lipinski definition) is 2. The summed E-state index contributed by atoms with van der Waals surface area (Å²) in [6, 6.07) is 2.41. The summed E-state index contributed by atoms with van der Waals surface area (Å²) < 4.78 is 0. The van der Waals surface area contributed by atoms with Crippen LogP contribution in [0.15, 0.2) is 6.07 Å². The third kappa shape index (κ3) is 2.83. The molecule has 2 rings (SSSR count). The Morgan fingerprint density at radius 3 is 2.81 bits per heavy atom. The second-order valence-corrected chi connectivity index (χ2v) is 4.70. The molecule has 4 nitrogen and oxygen atoms in total. The molecule has 0 amide bonds. The van der Waals surface area contributed by atoms with E-state index in [9.17, 15) is 0 Å². The number of anilines is 1. The van der Waals surface area contributed by atoms with Gasteiger partial charge in [0.25, 0.3) is 0 Å². The zero-order chi connectivity index (χ0) is 11.5. The van der Waals surface area contributed by atoms with Crippen molar-refractivity contribution in [2.75, 3.05) is 5.32 Å². The lowest BCUT2D eigenvalue weighted by Crippen LogP contribution is -2.42. The van der Waals surface area contributed by atoms with Gasteiger partial charge in [0.15, 0.2) is 0 Å². The molecule has 1 aliphatic carbocycles. The SMILES string of the molecule is Cc1cc(N[C@H]2CCCC[C@@H]2N)nc(Cl)n1. The summed E-state index contributed by atoms with van der Waals surface area (Å²) in [5.41, 5.74) is 6.93. The Morgan fingerprint density at radius 1 is 1.38 bits per heavy atom. The third-order valence-corrected chi connectivity index (χ3v) is 3.15. The van der Waals surface area contributed by atoms with Crippen LogP contribution in [0.5, 0.6) is 0 Å². The molecule has 1 aromatic heterocycles. The van der Waals surface area contributed by atoms with Crippen molar-refractivity contribution >= 4 is 17.4 Å². The van der Waals surface area contributed by atoms with Crippen LogP contribution in [-0.4, -0.2) is 22.1 Å². The van der Waals surface area contributed by atoms with Crippen molar-refractivity contribution in [3.63, 3.8) is 0 Å². The average molecular weight is 241 g/mol. The lowest BCUT2D eigenvalue weighted by atomic mass is 9.91. The fourth-order valence-electron chi connectivity index (χ4n) is 2.13. The summed E-state index contributed by atoms with van der Waals surface area (Å²) in [4.78, 5) is 8.18. The first-order chi connectivity index (χ1) is 7.65. The summed E-state index contributed by atoms with van der Waals surface area (Å²) >= 11 is 5.81.